The van der Waals surface area contributed by atoms with Crippen molar-refractivity contribution in [2.45, 2.75) is 27.2 Å². The Labute approximate surface area is 117 Å². The third-order valence-electron chi connectivity index (χ3n) is 2.99. The number of benzene rings is 1. The second-order valence-electron chi connectivity index (χ2n) is 4.61. The van der Waals surface area contributed by atoms with Gasteiger partial charge in [-0.15, -0.1) is 0 Å². The molecular weight excluding hydrogens is 254 g/mol. The van der Waals surface area contributed by atoms with Crippen molar-refractivity contribution in [3.05, 3.63) is 46.9 Å². The molecule has 0 saturated carbocycles. The fraction of sp³-hybridized carbons (Fsp3) is 0.267. The molecule has 5 nitrogen and oxygen atoms in total. The summed E-state index contributed by atoms with van der Waals surface area (Å²) in [6, 6.07) is 7.10. The maximum Gasteiger partial charge on any atom is 0.336 e. The van der Waals surface area contributed by atoms with Crippen LogP contribution in [0.3, 0.4) is 0 Å². The van der Waals surface area contributed by atoms with Crippen molar-refractivity contribution in [1.29, 1.82) is 0 Å². The number of hydrogen-bond donors (Lipinski definition) is 2. The highest BCUT2D eigenvalue weighted by Crippen LogP contribution is 2.19. The fourth-order valence-electron chi connectivity index (χ4n) is 1.95. The Morgan fingerprint density at radius 3 is 2.65 bits per heavy atom. The minimum Gasteiger partial charge on any atom is -0.478 e. The topological polar surface area (TPSA) is 75.1 Å². The molecule has 0 unspecified atom stereocenters. The van der Waals surface area contributed by atoms with Crippen molar-refractivity contribution in [3.8, 4) is 0 Å². The summed E-state index contributed by atoms with van der Waals surface area (Å²) in [6.07, 6.45) is 0.826. The van der Waals surface area contributed by atoms with Gasteiger partial charge in [0.2, 0.25) is 0 Å². The first-order valence-electron chi connectivity index (χ1n) is 6.45. The number of aryl methyl sites for hydroxylation is 3. The van der Waals surface area contributed by atoms with Crippen LogP contribution in [0.1, 0.15) is 34.4 Å². The monoisotopic (exact) mass is 271 g/mol. The number of hydrogen-bond acceptors (Lipinski definition) is 4. The van der Waals surface area contributed by atoms with Crippen LogP contribution in [0.5, 0.6) is 0 Å². The molecule has 1 aromatic carbocycles. The Hall–Kier alpha value is -2.43. The van der Waals surface area contributed by atoms with Crippen LogP contribution in [-0.4, -0.2) is 21.0 Å². The number of anilines is 2. The Balaban J connectivity index is 2.32. The first-order valence-corrected chi connectivity index (χ1v) is 6.45. The molecule has 1 heterocycles. The lowest BCUT2D eigenvalue weighted by Gasteiger charge is -2.09. The lowest BCUT2D eigenvalue weighted by molar-refractivity contribution is 0.0696. The highest BCUT2D eigenvalue weighted by Gasteiger charge is 2.08. The van der Waals surface area contributed by atoms with Gasteiger partial charge < -0.3 is 10.4 Å². The van der Waals surface area contributed by atoms with E-state index in [2.05, 4.69) is 15.3 Å². The predicted octanol–water partition coefficient (Wildman–Crippen LogP) is 3.10. The minimum absolute atomic E-state index is 0.288. The van der Waals surface area contributed by atoms with Crippen LogP contribution in [0.15, 0.2) is 24.3 Å². The molecule has 2 N–H and O–H groups in total. The van der Waals surface area contributed by atoms with E-state index in [1.54, 1.807) is 19.1 Å². The zero-order valence-corrected chi connectivity index (χ0v) is 11.8. The summed E-state index contributed by atoms with van der Waals surface area (Å²) in [5.74, 6) is 0.436. The number of aromatic carboxylic acids is 1. The van der Waals surface area contributed by atoms with Gasteiger partial charge in [0.1, 0.15) is 11.6 Å². The first-order chi connectivity index (χ1) is 9.49. The molecule has 0 aliphatic heterocycles. The molecule has 0 atom stereocenters. The van der Waals surface area contributed by atoms with Crippen molar-refractivity contribution >= 4 is 17.5 Å². The molecule has 20 heavy (non-hydrogen) atoms. The Bertz CT molecular complexity index is 654. The fourth-order valence-corrected chi connectivity index (χ4v) is 1.95. The van der Waals surface area contributed by atoms with E-state index in [1.807, 2.05) is 26.0 Å². The van der Waals surface area contributed by atoms with E-state index in [0.717, 1.165) is 17.7 Å². The number of aromatic nitrogens is 2. The Morgan fingerprint density at radius 1 is 1.25 bits per heavy atom. The van der Waals surface area contributed by atoms with Gasteiger partial charge in [-0.25, -0.2) is 14.8 Å². The second kappa shape index (κ2) is 5.69. The van der Waals surface area contributed by atoms with Crippen molar-refractivity contribution < 1.29 is 9.90 Å². The summed E-state index contributed by atoms with van der Waals surface area (Å²) in [5.41, 5.74) is 2.67. The van der Waals surface area contributed by atoms with Gasteiger partial charge in [0.15, 0.2) is 0 Å². The van der Waals surface area contributed by atoms with Crippen molar-refractivity contribution in [3.63, 3.8) is 0 Å². The van der Waals surface area contributed by atoms with Gasteiger partial charge in [-0.1, -0.05) is 13.0 Å². The molecule has 0 aliphatic carbocycles. The number of rotatable bonds is 4. The van der Waals surface area contributed by atoms with Gasteiger partial charge in [0.05, 0.1) is 5.56 Å². The van der Waals surface area contributed by atoms with E-state index in [0.29, 0.717) is 17.3 Å². The quantitative estimate of drug-likeness (QED) is 0.893. The van der Waals surface area contributed by atoms with Gasteiger partial charge in [-0.3, -0.25) is 0 Å². The molecule has 2 rings (SSSR count). The van der Waals surface area contributed by atoms with Gasteiger partial charge in [-0.05, 0) is 38.0 Å². The zero-order chi connectivity index (χ0) is 14.7. The van der Waals surface area contributed by atoms with Crippen LogP contribution in [0.25, 0.3) is 0 Å². The van der Waals surface area contributed by atoms with Crippen LogP contribution >= 0.6 is 0 Å². The van der Waals surface area contributed by atoms with Gasteiger partial charge in [0.25, 0.3) is 0 Å². The molecule has 5 heteroatoms. The number of carboxylic acid groups (broad SMARTS) is 1. The minimum atomic E-state index is -0.931. The van der Waals surface area contributed by atoms with Crippen LogP contribution in [0, 0.1) is 13.8 Å². The molecule has 0 saturated heterocycles. The largest absolute Gasteiger partial charge is 0.478 e. The molecule has 0 aliphatic rings. The third-order valence-corrected chi connectivity index (χ3v) is 2.99. The maximum absolute atomic E-state index is 11.1. The SMILES string of the molecule is CCc1cc(Nc2ccc(C)c(C(=O)O)c2)nc(C)n1. The van der Waals surface area contributed by atoms with Crippen LogP contribution < -0.4 is 5.32 Å². The van der Waals surface area contributed by atoms with E-state index in [4.69, 9.17) is 5.11 Å². The van der Waals surface area contributed by atoms with Crippen LogP contribution in [0.2, 0.25) is 0 Å². The van der Waals surface area contributed by atoms with Crippen molar-refractivity contribution in [2.24, 2.45) is 0 Å². The van der Waals surface area contributed by atoms with E-state index < -0.39 is 5.97 Å². The van der Waals surface area contributed by atoms with Gasteiger partial charge >= 0.3 is 5.97 Å². The number of nitrogens with zero attached hydrogens (tertiary/aromatic N) is 2. The number of carboxylic acids is 1. The van der Waals surface area contributed by atoms with Crippen LogP contribution in [0.4, 0.5) is 11.5 Å². The average Bonchev–Trinajstić information content (AvgIpc) is 2.40. The molecule has 0 fully saturated rings. The molecule has 1 aromatic heterocycles. The summed E-state index contributed by atoms with van der Waals surface area (Å²) in [7, 11) is 0. The van der Waals surface area contributed by atoms with Crippen molar-refractivity contribution in [2.75, 3.05) is 5.32 Å². The standard InChI is InChI=1S/C15H17N3O2/c1-4-11-8-14(17-10(3)16-11)18-12-6-5-9(2)13(7-12)15(19)20/h5-8H,4H2,1-3H3,(H,19,20)(H,16,17,18). The molecule has 0 spiro atoms. The Morgan fingerprint density at radius 2 is 2.00 bits per heavy atom. The smallest absolute Gasteiger partial charge is 0.336 e. The summed E-state index contributed by atoms with van der Waals surface area (Å²) in [5, 5.41) is 12.3. The number of nitrogens with one attached hydrogen (secondary N) is 1. The summed E-state index contributed by atoms with van der Waals surface area (Å²) >= 11 is 0. The predicted molar refractivity (Wildman–Crippen MR) is 77.6 cm³/mol. The summed E-state index contributed by atoms with van der Waals surface area (Å²) < 4.78 is 0. The third kappa shape index (κ3) is 3.12. The maximum atomic E-state index is 11.1. The lowest BCUT2D eigenvalue weighted by atomic mass is 10.1. The van der Waals surface area contributed by atoms with E-state index in [-0.39, 0.29) is 5.56 Å². The second-order valence-corrected chi connectivity index (χ2v) is 4.61. The summed E-state index contributed by atoms with van der Waals surface area (Å²) in [6.45, 7) is 5.64. The molecule has 0 radical (unpaired) electrons. The highest BCUT2D eigenvalue weighted by atomic mass is 16.4. The van der Waals surface area contributed by atoms with Gasteiger partial charge in [0, 0.05) is 17.4 Å². The molecule has 0 amide bonds. The van der Waals surface area contributed by atoms with E-state index in [9.17, 15) is 4.79 Å². The molecule has 2 aromatic rings. The zero-order valence-electron chi connectivity index (χ0n) is 11.8. The highest BCUT2D eigenvalue weighted by molar-refractivity contribution is 5.90. The molecule has 104 valence electrons. The molecular formula is C15H17N3O2. The van der Waals surface area contributed by atoms with E-state index >= 15 is 0 Å². The Kier molecular flexibility index (Phi) is 3.98. The van der Waals surface area contributed by atoms with E-state index in [1.165, 1.54) is 0 Å². The van der Waals surface area contributed by atoms with Crippen LogP contribution in [-0.2, 0) is 6.42 Å². The normalized spacial score (nSPS) is 10.3. The number of carbonyl (C=O) groups is 1. The molecule has 0 bridgehead atoms. The average molecular weight is 271 g/mol. The lowest BCUT2D eigenvalue weighted by Crippen LogP contribution is -2.03. The van der Waals surface area contributed by atoms with Gasteiger partial charge in [-0.2, -0.15) is 0 Å². The van der Waals surface area contributed by atoms with Crippen molar-refractivity contribution in [1.82, 2.24) is 9.97 Å². The summed E-state index contributed by atoms with van der Waals surface area (Å²) in [4.78, 5) is 19.7. The first kappa shape index (κ1) is 14.0.